The predicted octanol–water partition coefficient (Wildman–Crippen LogP) is 2.53. The second-order valence-corrected chi connectivity index (χ2v) is 10.6. The van der Waals surface area contributed by atoms with E-state index in [1.54, 1.807) is 10.4 Å². The van der Waals surface area contributed by atoms with Gasteiger partial charge >= 0.3 is 0 Å². The monoisotopic (exact) mass is 551 g/mol. The number of nitrogens with zero attached hydrogens (tertiary/aromatic N) is 4. The van der Waals surface area contributed by atoms with Gasteiger partial charge in [0.15, 0.2) is 5.96 Å². The van der Waals surface area contributed by atoms with E-state index in [0.717, 1.165) is 36.8 Å². The largest absolute Gasteiger partial charge is 0.364 e. The highest BCUT2D eigenvalue weighted by Crippen LogP contribution is 2.49. The van der Waals surface area contributed by atoms with E-state index in [0.29, 0.717) is 31.9 Å². The molecule has 1 saturated heterocycles. The Morgan fingerprint density at radius 1 is 1.27 bits per heavy atom. The number of fused-ring (bicyclic) bond motifs is 2. The minimum atomic E-state index is -3.38. The van der Waals surface area contributed by atoms with Crippen LogP contribution in [0.15, 0.2) is 21.8 Å². The van der Waals surface area contributed by atoms with Gasteiger partial charge in [-0.25, -0.2) is 8.42 Å². The van der Waals surface area contributed by atoms with Gasteiger partial charge < -0.3 is 14.7 Å². The van der Waals surface area contributed by atoms with E-state index >= 15 is 0 Å². The van der Waals surface area contributed by atoms with Gasteiger partial charge in [-0.05, 0) is 50.4 Å². The smallest absolute Gasteiger partial charge is 0.220 e. The first-order chi connectivity index (χ1) is 14.0. The summed E-state index contributed by atoms with van der Waals surface area (Å²) in [5.41, 5.74) is 0.447. The maximum atomic E-state index is 12.6. The van der Waals surface area contributed by atoms with Gasteiger partial charge in [-0.2, -0.15) is 4.31 Å². The maximum Gasteiger partial charge on any atom is 0.220 e. The van der Waals surface area contributed by atoms with E-state index in [1.807, 2.05) is 0 Å². The number of piperazine rings is 1. The Kier molecular flexibility index (Phi) is 8.42. The van der Waals surface area contributed by atoms with Crippen molar-refractivity contribution in [3.8, 4) is 0 Å². The van der Waals surface area contributed by atoms with Crippen molar-refractivity contribution < 1.29 is 12.9 Å². The molecule has 0 radical (unpaired) electrons. The van der Waals surface area contributed by atoms with Crippen LogP contribution in [-0.2, 0) is 15.8 Å². The summed E-state index contributed by atoms with van der Waals surface area (Å²) in [6.45, 7) is 5.99. The average Bonchev–Trinajstić information content (AvgIpc) is 3.46. The third-order valence-corrected chi connectivity index (χ3v) is 8.55. The Hall–Kier alpha value is -0.880. The van der Waals surface area contributed by atoms with Gasteiger partial charge in [0.25, 0.3) is 0 Å². The highest BCUT2D eigenvalue weighted by atomic mass is 127. The fraction of sp³-hybridized carbons (Fsp3) is 0.800. The maximum absolute atomic E-state index is 12.6. The standard InChI is InChI=1S/C20H33N5O3S.HI/c1-2-21-20(22-7-5-18-14-16-3-4-17(18)13-16)24-8-10-25(11-9-24)29(26,27)15-19-6-12-28-23-19;/h6,12,16-18H,2-5,7-11,13-15H2,1H3,(H,21,22);1H. The molecule has 1 aromatic heterocycles. The van der Waals surface area contributed by atoms with Crippen molar-refractivity contribution in [2.45, 2.75) is 44.8 Å². The molecule has 1 aliphatic heterocycles. The normalized spacial score (nSPS) is 27.3. The third-order valence-electron chi connectivity index (χ3n) is 6.73. The molecule has 0 amide bonds. The number of rotatable bonds is 7. The first-order valence-electron chi connectivity index (χ1n) is 11.0. The minimum absolute atomic E-state index is 0. The lowest BCUT2D eigenvalue weighted by Gasteiger charge is -2.35. The van der Waals surface area contributed by atoms with Crippen molar-refractivity contribution in [3.05, 3.63) is 18.0 Å². The van der Waals surface area contributed by atoms with E-state index < -0.39 is 10.0 Å². The van der Waals surface area contributed by atoms with Gasteiger partial charge in [-0.15, -0.1) is 24.0 Å². The number of aromatic nitrogens is 1. The molecular formula is C20H34IN5O3S. The zero-order chi connectivity index (χ0) is 20.3. The third kappa shape index (κ3) is 5.67. The fourth-order valence-electron chi connectivity index (χ4n) is 5.26. The van der Waals surface area contributed by atoms with Crippen LogP contribution in [0.25, 0.3) is 0 Å². The van der Waals surface area contributed by atoms with Crippen molar-refractivity contribution in [2.24, 2.45) is 22.7 Å². The molecule has 2 aliphatic carbocycles. The summed E-state index contributed by atoms with van der Waals surface area (Å²) in [4.78, 5) is 7.06. The average molecular weight is 551 g/mol. The number of sulfonamides is 1. The van der Waals surface area contributed by atoms with Crippen molar-refractivity contribution in [3.63, 3.8) is 0 Å². The summed E-state index contributed by atoms with van der Waals surface area (Å²) in [6, 6.07) is 1.60. The summed E-state index contributed by atoms with van der Waals surface area (Å²) >= 11 is 0. The number of aliphatic imine (C=N–C) groups is 1. The van der Waals surface area contributed by atoms with Crippen molar-refractivity contribution >= 4 is 40.0 Å². The lowest BCUT2D eigenvalue weighted by molar-refractivity contribution is 0.259. The van der Waals surface area contributed by atoms with Crippen LogP contribution in [0, 0.1) is 17.8 Å². The van der Waals surface area contributed by atoms with Crippen LogP contribution in [0.4, 0.5) is 0 Å². The lowest BCUT2D eigenvalue weighted by Crippen LogP contribution is -2.54. The van der Waals surface area contributed by atoms with E-state index in [9.17, 15) is 8.42 Å². The molecule has 0 aromatic carbocycles. The second-order valence-electron chi connectivity index (χ2n) is 8.59. The quantitative estimate of drug-likeness (QED) is 0.318. The molecule has 3 aliphatic rings. The highest BCUT2D eigenvalue weighted by Gasteiger charge is 2.38. The van der Waals surface area contributed by atoms with Crippen molar-refractivity contribution in [1.82, 2.24) is 19.7 Å². The molecule has 3 atom stereocenters. The van der Waals surface area contributed by atoms with Crippen molar-refractivity contribution in [1.29, 1.82) is 0 Å². The first kappa shape index (κ1) is 23.8. The molecule has 4 rings (SSSR count). The summed E-state index contributed by atoms with van der Waals surface area (Å²) in [5.74, 6) is 3.59. The fourth-order valence-corrected chi connectivity index (χ4v) is 6.69. The number of nitrogens with one attached hydrogen (secondary N) is 1. The summed E-state index contributed by atoms with van der Waals surface area (Å²) < 4.78 is 31.5. The number of guanidine groups is 1. The zero-order valence-electron chi connectivity index (χ0n) is 17.7. The molecule has 10 heteroatoms. The predicted molar refractivity (Wildman–Crippen MR) is 127 cm³/mol. The van der Waals surface area contributed by atoms with E-state index in [2.05, 4.69) is 22.3 Å². The van der Waals surface area contributed by atoms with Gasteiger partial charge in [0.2, 0.25) is 10.0 Å². The summed E-state index contributed by atoms with van der Waals surface area (Å²) in [7, 11) is -3.38. The summed E-state index contributed by atoms with van der Waals surface area (Å²) in [5, 5.41) is 7.11. The van der Waals surface area contributed by atoms with Crippen LogP contribution in [-0.4, -0.2) is 68.0 Å². The van der Waals surface area contributed by atoms with Crippen LogP contribution in [0.2, 0.25) is 0 Å². The lowest BCUT2D eigenvalue weighted by atomic mass is 9.86. The molecule has 2 saturated carbocycles. The molecule has 2 bridgehead atoms. The molecule has 170 valence electrons. The van der Waals surface area contributed by atoms with Gasteiger partial charge in [0, 0.05) is 45.3 Å². The zero-order valence-corrected chi connectivity index (χ0v) is 20.8. The number of halogens is 1. The molecule has 2 heterocycles. The molecule has 1 N–H and O–H groups in total. The van der Waals surface area contributed by atoms with Gasteiger partial charge in [-0.1, -0.05) is 11.6 Å². The Labute approximate surface area is 196 Å². The molecule has 1 aromatic rings. The molecule has 30 heavy (non-hydrogen) atoms. The topological polar surface area (TPSA) is 91.0 Å². The molecule has 3 unspecified atom stereocenters. The van der Waals surface area contributed by atoms with E-state index in [4.69, 9.17) is 9.52 Å². The van der Waals surface area contributed by atoms with Crippen LogP contribution < -0.4 is 5.32 Å². The highest BCUT2D eigenvalue weighted by molar-refractivity contribution is 14.0. The second kappa shape index (κ2) is 10.6. The Balaban J connectivity index is 0.00000256. The van der Waals surface area contributed by atoms with Crippen molar-refractivity contribution in [2.75, 3.05) is 39.3 Å². The van der Waals surface area contributed by atoms with Crippen LogP contribution in [0.3, 0.4) is 0 Å². The minimum Gasteiger partial charge on any atom is -0.364 e. The first-order valence-corrected chi connectivity index (χ1v) is 12.6. The van der Waals surface area contributed by atoms with Gasteiger partial charge in [0.1, 0.15) is 12.0 Å². The molecule has 8 nitrogen and oxygen atoms in total. The Bertz CT molecular complexity index is 793. The number of hydrogen-bond acceptors (Lipinski definition) is 5. The molecule has 3 fully saturated rings. The van der Waals surface area contributed by atoms with Crippen LogP contribution in [0.5, 0.6) is 0 Å². The van der Waals surface area contributed by atoms with E-state index in [1.165, 1.54) is 38.4 Å². The number of hydrogen-bond donors (Lipinski definition) is 1. The molecular weight excluding hydrogens is 517 g/mol. The SMILES string of the molecule is CCNC(=NCCC1CC2CCC1C2)N1CCN(S(=O)(=O)Cc2ccon2)CC1.I. The van der Waals surface area contributed by atoms with Gasteiger partial charge in [-0.3, -0.25) is 4.99 Å². The van der Waals surface area contributed by atoms with Crippen LogP contribution in [0.1, 0.15) is 44.7 Å². The Morgan fingerprint density at radius 2 is 2.07 bits per heavy atom. The molecule has 0 spiro atoms. The van der Waals surface area contributed by atoms with Gasteiger partial charge in [0.05, 0.1) is 5.69 Å². The van der Waals surface area contributed by atoms with Crippen LogP contribution >= 0.6 is 24.0 Å². The Morgan fingerprint density at radius 3 is 2.67 bits per heavy atom. The summed E-state index contributed by atoms with van der Waals surface area (Å²) in [6.07, 6.45) is 8.29. The van der Waals surface area contributed by atoms with E-state index in [-0.39, 0.29) is 29.7 Å².